The van der Waals surface area contributed by atoms with Crippen LogP contribution in [0.1, 0.15) is 6.92 Å². The average Bonchev–Trinajstić information content (AvgIpc) is 2.45. The molecule has 1 unspecified atom stereocenters. The normalized spacial score (nSPS) is 12.1. The van der Waals surface area contributed by atoms with E-state index in [4.69, 9.17) is 5.11 Å². The molecule has 0 saturated carbocycles. The number of hydrogen-bond acceptors (Lipinski definition) is 5. The summed E-state index contributed by atoms with van der Waals surface area (Å²) in [5.74, 6) is 0.439. The lowest BCUT2D eigenvalue weighted by molar-refractivity contribution is -0.121. The lowest BCUT2D eigenvalue weighted by Gasteiger charge is -2.15. The lowest BCUT2D eigenvalue weighted by Crippen LogP contribution is -2.39. The minimum Gasteiger partial charge on any atom is -0.395 e. The molecule has 6 heteroatoms. The monoisotopic (exact) mass is 260 g/mol. The molecule has 0 aliphatic heterocycles. The van der Waals surface area contributed by atoms with Crippen molar-refractivity contribution in [2.45, 2.75) is 13.0 Å². The highest BCUT2D eigenvalue weighted by Gasteiger charge is 2.13. The minimum atomic E-state index is -0.440. The molecular formula is C13H16N4O2. The fourth-order valence-corrected chi connectivity index (χ4v) is 1.72. The van der Waals surface area contributed by atoms with Crippen molar-refractivity contribution in [3.8, 4) is 0 Å². The summed E-state index contributed by atoms with van der Waals surface area (Å²) in [6.45, 7) is 1.91. The summed E-state index contributed by atoms with van der Waals surface area (Å²) in [4.78, 5) is 20.0. The van der Waals surface area contributed by atoms with Gasteiger partial charge in [-0.3, -0.25) is 4.79 Å². The Morgan fingerprint density at radius 2 is 2.16 bits per heavy atom. The SMILES string of the molecule is CC(Nc1ncnc2ccccc12)C(=O)NCCO. The van der Waals surface area contributed by atoms with E-state index in [1.54, 1.807) is 6.92 Å². The van der Waals surface area contributed by atoms with Crippen molar-refractivity contribution in [3.63, 3.8) is 0 Å². The van der Waals surface area contributed by atoms with E-state index in [2.05, 4.69) is 20.6 Å². The summed E-state index contributed by atoms with van der Waals surface area (Å²) < 4.78 is 0. The smallest absolute Gasteiger partial charge is 0.242 e. The average molecular weight is 260 g/mol. The molecule has 0 fully saturated rings. The van der Waals surface area contributed by atoms with Crippen LogP contribution in [0.2, 0.25) is 0 Å². The van der Waals surface area contributed by atoms with Crippen LogP contribution in [0.25, 0.3) is 10.9 Å². The summed E-state index contributed by atoms with van der Waals surface area (Å²) in [7, 11) is 0. The number of rotatable bonds is 5. The maximum Gasteiger partial charge on any atom is 0.242 e. The highest BCUT2D eigenvalue weighted by atomic mass is 16.3. The number of fused-ring (bicyclic) bond motifs is 1. The fourth-order valence-electron chi connectivity index (χ4n) is 1.72. The van der Waals surface area contributed by atoms with Crippen LogP contribution in [0.3, 0.4) is 0 Å². The molecular weight excluding hydrogens is 244 g/mol. The quantitative estimate of drug-likeness (QED) is 0.730. The summed E-state index contributed by atoms with van der Waals surface area (Å²) in [6.07, 6.45) is 1.46. The number of para-hydroxylation sites is 1. The number of aliphatic hydroxyl groups excluding tert-OH is 1. The molecule has 6 nitrogen and oxygen atoms in total. The van der Waals surface area contributed by atoms with E-state index < -0.39 is 6.04 Å². The molecule has 1 heterocycles. The molecule has 2 rings (SSSR count). The van der Waals surface area contributed by atoms with E-state index >= 15 is 0 Å². The number of nitrogens with zero attached hydrogens (tertiary/aromatic N) is 2. The number of anilines is 1. The number of hydrogen-bond donors (Lipinski definition) is 3. The summed E-state index contributed by atoms with van der Waals surface area (Å²) in [5.41, 5.74) is 0.822. The van der Waals surface area contributed by atoms with Crippen LogP contribution in [0.4, 0.5) is 5.82 Å². The van der Waals surface area contributed by atoms with Gasteiger partial charge in [-0.25, -0.2) is 9.97 Å². The van der Waals surface area contributed by atoms with Crippen LogP contribution in [0.15, 0.2) is 30.6 Å². The Labute approximate surface area is 110 Å². The van der Waals surface area contributed by atoms with Crippen LogP contribution in [0.5, 0.6) is 0 Å². The van der Waals surface area contributed by atoms with Gasteiger partial charge in [0.15, 0.2) is 0 Å². The molecule has 1 aromatic heterocycles. The number of amides is 1. The molecule has 19 heavy (non-hydrogen) atoms. The highest BCUT2D eigenvalue weighted by Crippen LogP contribution is 2.18. The molecule has 1 amide bonds. The maximum atomic E-state index is 11.7. The fraction of sp³-hybridized carbons (Fsp3) is 0.308. The molecule has 100 valence electrons. The molecule has 0 saturated heterocycles. The maximum absolute atomic E-state index is 11.7. The molecule has 1 aromatic carbocycles. The Kier molecular flexibility index (Phi) is 4.25. The first-order valence-corrected chi connectivity index (χ1v) is 6.07. The number of nitrogens with one attached hydrogen (secondary N) is 2. The summed E-state index contributed by atoms with van der Waals surface area (Å²) in [5, 5.41) is 15.2. The summed E-state index contributed by atoms with van der Waals surface area (Å²) in [6, 6.07) is 7.14. The van der Waals surface area contributed by atoms with Crippen LogP contribution >= 0.6 is 0 Å². The zero-order chi connectivity index (χ0) is 13.7. The van der Waals surface area contributed by atoms with Crippen molar-refractivity contribution >= 4 is 22.6 Å². The number of aliphatic hydroxyl groups is 1. The van der Waals surface area contributed by atoms with Crippen LogP contribution in [-0.4, -0.2) is 40.2 Å². The van der Waals surface area contributed by atoms with E-state index in [-0.39, 0.29) is 19.1 Å². The second kappa shape index (κ2) is 6.10. The lowest BCUT2D eigenvalue weighted by atomic mass is 10.2. The number of benzene rings is 1. The standard InChI is InChI=1S/C13H16N4O2/c1-9(13(19)14-6-7-18)17-12-10-4-2-3-5-11(10)15-8-16-12/h2-5,8-9,18H,6-7H2,1H3,(H,14,19)(H,15,16,17). The molecule has 1 atom stereocenters. The third-order valence-corrected chi connectivity index (χ3v) is 2.70. The molecule has 0 aliphatic rings. The first-order valence-electron chi connectivity index (χ1n) is 6.07. The molecule has 0 radical (unpaired) electrons. The van der Waals surface area contributed by atoms with Gasteiger partial charge in [-0.1, -0.05) is 12.1 Å². The van der Waals surface area contributed by atoms with E-state index in [9.17, 15) is 4.79 Å². The van der Waals surface area contributed by atoms with Crippen molar-refractivity contribution in [1.82, 2.24) is 15.3 Å². The van der Waals surface area contributed by atoms with Gasteiger partial charge in [0.25, 0.3) is 0 Å². The highest BCUT2D eigenvalue weighted by molar-refractivity contribution is 5.91. The molecule has 2 aromatic rings. The zero-order valence-corrected chi connectivity index (χ0v) is 10.6. The predicted octanol–water partition coefficient (Wildman–Crippen LogP) is 0.539. The van der Waals surface area contributed by atoms with Crippen LogP contribution in [0, 0.1) is 0 Å². The van der Waals surface area contributed by atoms with Crippen molar-refractivity contribution < 1.29 is 9.90 Å². The Bertz CT molecular complexity index is 568. The van der Waals surface area contributed by atoms with Gasteiger partial charge in [0.05, 0.1) is 12.1 Å². The van der Waals surface area contributed by atoms with Gasteiger partial charge in [-0.05, 0) is 19.1 Å². The molecule has 0 spiro atoms. The van der Waals surface area contributed by atoms with E-state index in [0.717, 1.165) is 10.9 Å². The van der Waals surface area contributed by atoms with Gasteiger partial charge in [-0.15, -0.1) is 0 Å². The van der Waals surface area contributed by atoms with Gasteiger partial charge in [0, 0.05) is 11.9 Å². The first kappa shape index (κ1) is 13.2. The Balaban J connectivity index is 2.15. The van der Waals surface area contributed by atoms with Gasteiger partial charge in [0.2, 0.25) is 5.91 Å². The third-order valence-electron chi connectivity index (χ3n) is 2.70. The van der Waals surface area contributed by atoms with Gasteiger partial charge in [-0.2, -0.15) is 0 Å². The minimum absolute atomic E-state index is 0.0745. The van der Waals surface area contributed by atoms with Crippen molar-refractivity contribution in [1.29, 1.82) is 0 Å². The summed E-state index contributed by atoms with van der Waals surface area (Å²) >= 11 is 0. The van der Waals surface area contributed by atoms with E-state index in [1.807, 2.05) is 24.3 Å². The second-order valence-electron chi connectivity index (χ2n) is 4.12. The van der Waals surface area contributed by atoms with E-state index in [1.165, 1.54) is 6.33 Å². The number of aromatic nitrogens is 2. The van der Waals surface area contributed by atoms with Gasteiger partial charge in [0.1, 0.15) is 18.2 Å². The Morgan fingerprint density at radius 1 is 1.37 bits per heavy atom. The number of carbonyl (C=O) groups excluding carboxylic acids is 1. The number of carbonyl (C=O) groups is 1. The van der Waals surface area contributed by atoms with Crippen LogP contribution < -0.4 is 10.6 Å². The van der Waals surface area contributed by atoms with Crippen molar-refractivity contribution in [2.75, 3.05) is 18.5 Å². The van der Waals surface area contributed by atoms with E-state index in [0.29, 0.717) is 5.82 Å². The third kappa shape index (κ3) is 3.17. The van der Waals surface area contributed by atoms with Crippen molar-refractivity contribution in [2.24, 2.45) is 0 Å². The first-order chi connectivity index (χ1) is 9.22. The molecule has 0 aliphatic carbocycles. The van der Waals surface area contributed by atoms with Crippen molar-refractivity contribution in [3.05, 3.63) is 30.6 Å². The topological polar surface area (TPSA) is 87.1 Å². The predicted molar refractivity (Wildman–Crippen MR) is 72.7 cm³/mol. The van der Waals surface area contributed by atoms with Gasteiger partial charge < -0.3 is 15.7 Å². The van der Waals surface area contributed by atoms with Crippen LogP contribution in [-0.2, 0) is 4.79 Å². The second-order valence-corrected chi connectivity index (χ2v) is 4.12. The largest absolute Gasteiger partial charge is 0.395 e. The Hall–Kier alpha value is -2.21. The molecule has 0 bridgehead atoms. The molecule has 3 N–H and O–H groups in total. The van der Waals surface area contributed by atoms with Gasteiger partial charge >= 0.3 is 0 Å². The Morgan fingerprint density at radius 3 is 2.95 bits per heavy atom. The zero-order valence-electron chi connectivity index (χ0n) is 10.6.